The van der Waals surface area contributed by atoms with Gasteiger partial charge in [-0.3, -0.25) is 14.3 Å². The van der Waals surface area contributed by atoms with E-state index in [-0.39, 0.29) is 30.2 Å². The molecule has 1 saturated heterocycles. The maximum atomic E-state index is 13.2. The highest BCUT2D eigenvalue weighted by atomic mass is 32.1. The summed E-state index contributed by atoms with van der Waals surface area (Å²) in [4.78, 5) is 32.7. The van der Waals surface area contributed by atoms with Crippen molar-refractivity contribution in [2.75, 3.05) is 27.3 Å². The minimum absolute atomic E-state index is 0.0711. The first-order chi connectivity index (χ1) is 17.9. The Morgan fingerprint density at radius 2 is 1.81 bits per heavy atom. The van der Waals surface area contributed by atoms with Crippen molar-refractivity contribution in [2.45, 2.75) is 38.0 Å². The Hall–Kier alpha value is -3.47. The van der Waals surface area contributed by atoms with Gasteiger partial charge in [-0.15, -0.1) is 11.3 Å². The number of carbonyl (C=O) groups excluding carboxylic acids is 2. The normalized spacial score (nSPS) is 19.6. The number of pyridine rings is 1. The Bertz CT molecular complexity index is 1500. The van der Waals surface area contributed by atoms with Crippen molar-refractivity contribution in [2.24, 2.45) is 0 Å². The molecule has 2 atom stereocenters. The second kappa shape index (κ2) is 9.44. The van der Waals surface area contributed by atoms with Crippen molar-refractivity contribution >= 4 is 44.4 Å². The van der Waals surface area contributed by atoms with Crippen molar-refractivity contribution in [3.8, 4) is 11.5 Å². The second-order valence-corrected chi connectivity index (χ2v) is 10.6. The largest absolute Gasteiger partial charge is 0.456 e. The van der Waals surface area contributed by atoms with Crippen molar-refractivity contribution in [3.05, 3.63) is 53.2 Å². The first-order valence-corrected chi connectivity index (χ1v) is 13.1. The molecule has 6 rings (SSSR count). The zero-order valence-corrected chi connectivity index (χ0v) is 21.7. The van der Waals surface area contributed by atoms with Crippen LogP contribution in [0, 0.1) is 6.92 Å². The average molecular weight is 521 g/mol. The van der Waals surface area contributed by atoms with E-state index in [1.807, 2.05) is 37.3 Å². The van der Waals surface area contributed by atoms with Crippen LogP contribution in [0.5, 0.6) is 11.5 Å². The molecule has 37 heavy (non-hydrogen) atoms. The van der Waals surface area contributed by atoms with Gasteiger partial charge in [0.05, 0.1) is 20.6 Å². The summed E-state index contributed by atoms with van der Waals surface area (Å²) in [5.41, 5.74) is 2.41. The molecule has 2 fully saturated rings. The number of hydrogen-bond donors (Lipinski definition) is 1. The number of thiophene rings is 1. The van der Waals surface area contributed by atoms with Crippen LogP contribution in [0.2, 0.25) is 0 Å². The van der Waals surface area contributed by atoms with Crippen LogP contribution < -0.4 is 10.1 Å². The van der Waals surface area contributed by atoms with E-state index in [9.17, 15) is 9.59 Å². The summed E-state index contributed by atoms with van der Waals surface area (Å²) in [6, 6.07) is 11.5. The maximum Gasteiger partial charge on any atom is 0.326 e. The minimum Gasteiger partial charge on any atom is -0.456 e. The first kappa shape index (κ1) is 23.9. The number of hydrogen-bond acceptors (Lipinski definition) is 7. The van der Waals surface area contributed by atoms with Crippen molar-refractivity contribution in [3.63, 3.8) is 0 Å². The summed E-state index contributed by atoms with van der Waals surface area (Å²) in [5.74, 6) is 1.20. The van der Waals surface area contributed by atoms with E-state index in [1.165, 1.54) is 11.3 Å². The molecule has 1 aromatic carbocycles. The first-order valence-electron chi connectivity index (χ1n) is 12.3. The summed E-state index contributed by atoms with van der Waals surface area (Å²) in [6.45, 7) is 2.89. The molecule has 4 heterocycles. The predicted molar refractivity (Wildman–Crippen MR) is 141 cm³/mol. The molecule has 9 nitrogen and oxygen atoms in total. The van der Waals surface area contributed by atoms with Crippen LogP contribution in [0.3, 0.4) is 0 Å². The van der Waals surface area contributed by atoms with Gasteiger partial charge >= 0.3 is 6.03 Å². The lowest BCUT2D eigenvalue weighted by Gasteiger charge is -2.14. The van der Waals surface area contributed by atoms with E-state index >= 15 is 0 Å². The Morgan fingerprint density at radius 3 is 2.51 bits per heavy atom. The summed E-state index contributed by atoms with van der Waals surface area (Å²) < 4.78 is 19.7. The number of likely N-dealkylation sites (tertiary alicyclic amines) is 1. The molecule has 0 unspecified atom stereocenters. The Balaban J connectivity index is 1.25. The summed E-state index contributed by atoms with van der Waals surface area (Å²) in [6.07, 6.45) is 3.47. The van der Waals surface area contributed by atoms with Gasteiger partial charge in [0.25, 0.3) is 5.91 Å². The Morgan fingerprint density at radius 1 is 1.05 bits per heavy atom. The molecule has 0 bridgehead atoms. The van der Waals surface area contributed by atoms with Crippen LogP contribution in [-0.4, -0.2) is 71.9 Å². The zero-order valence-electron chi connectivity index (χ0n) is 20.9. The summed E-state index contributed by atoms with van der Waals surface area (Å²) in [5, 5.41) is 3.97. The molecule has 1 aliphatic heterocycles. The third-order valence-corrected chi connectivity index (χ3v) is 8.11. The lowest BCUT2D eigenvalue weighted by atomic mass is 10.2. The third kappa shape index (κ3) is 4.45. The van der Waals surface area contributed by atoms with Crippen LogP contribution in [-0.2, 0) is 9.47 Å². The summed E-state index contributed by atoms with van der Waals surface area (Å²) in [7, 11) is 3.27. The van der Waals surface area contributed by atoms with Gasteiger partial charge in [0.2, 0.25) is 0 Å². The Kier molecular flexibility index (Phi) is 6.10. The molecule has 192 valence electrons. The third-order valence-electron chi connectivity index (χ3n) is 6.99. The number of amides is 2. The van der Waals surface area contributed by atoms with Crippen molar-refractivity contribution < 1.29 is 23.8 Å². The highest BCUT2D eigenvalue weighted by molar-refractivity contribution is 7.21. The van der Waals surface area contributed by atoms with Crippen LogP contribution in [0.25, 0.3) is 21.1 Å². The van der Waals surface area contributed by atoms with E-state index in [1.54, 1.807) is 35.9 Å². The van der Waals surface area contributed by atoms with Crippen LogP contribution >= 0.6 is 11.3 Å². The lowest BCUT2D eigenvalue weighted by Crippen LogP contribution is -2.30. The molecule has 4 aromatic rings. The average Bonchev–Trinajstić information content (AvgIpc) is 3.30. The molecule has 1 saturated carbocycles. The van der Waals surface area contributed by atoms with Gasteiger partial charge in [-0.2, -0.15) is 0 Å². The number of fused-ring (bicyclic) bond motifs is 2. The molecule has 0 spiro atoms. The van der Waals surface area contributed by atoms with Crippen LogP contribution in [0.15, 0.2) is 42.6 Å². The van der Waals surface area contributed by atoms with Crippen molar-refractivity contribution in [1.29, 1.82) is 0 Å². The number of nitrogens with zero attached hydrogens (tertiary/aromatic N) is 3. The topological polar surface area (TPSA) is 94.9 Å². The van der Waals surface area contributed by atoms with Gasteiger partial charge in [-0.25, -0.2) is 4.79 Å². The SMILES string of the molecule is CO[C@H]1CN(C(=O)c2cc3nccc(Oc4ccc5c(c4)cc(C)n5C(=O)NC4CC4)c3s2)C[C@H]1OC. The lowest BCUT2D eigenvalue weighted by molar-refractivity contribution is -0.00461. The highest BCUT2D eigenvalue weighted by Gasteiger charge is 2.36. The monoisotopic (exact) mass is 520 g/mol. The smallest absolute Gasteiger partial charge is 0.326 e. The molecule has 10 heteroatoms. The van der Waals surface area contributed by atoms with E-state index in [2.05, 4.69) is 10.3 Å². The maximum absolute atomic E-state index is 13.2. The number of carbonyl (C=O) groups is 2. The fourth-order valence-electron chi connectivity index (χ4n) is 4.88. The number of benzene rings is 1. The fraction of sp³-hybridized carbons (Fsp3) is 0.370. The number of rotatable bonds is 6. The summed E-state index contributed by atoms with van der Waals surface area (Å²) >= 11 is 1.36. The van der Waals surface area contributed by atoms with Gasteiger partial charge in [0, 0.05) is 56.7 Å². The van der Waals surface area contributed by atoms with Crippen molar-refractivity contribution in [1.82, 2.24) is 19.8 Å². The number of nitrogens with one attached hydrogen (secondary N) is 1. The van der Waals surface area contributed by atoms with Crippen LogP contribution in [0.1, 0.15) is 28.2 Å². The van der Waals surface area contributed by atoms with E-state index < -0.39 is 0 Å². The number of aryl methyl sites for hydroxylation is 1. The zero-order chi connectivity index (χ0) is 25.7. The highest BCUT2D eigenvalue weighted by Crippen LogP contribution is 2.37. The Labute approximate surface area is 217 Å². The molecule has 2 amide bonds. The van der Waals surface area contributed by atoms with E-state index in [4.69, 9.17) is 14.2 Å². The van der Waals surface area contributed by atoms with Gasteiger partial charge in [0.15, 0.2) is 0 Å². The van der Waals surface area contributed by atoms with Gasteiger partial charge < -0.3 is 24.4 Å². The molecule has 1 aliphatic carbocycles. The predicted octanol–water partition coefficient (Wildman–Crippen LogP) is 4.56. The standard InChI is InChI=1S/C27H28N4O5S/c1-15-10-16-11-18(6-7-20(16)31(15)27(33)29-17-4-5-17)36-21-8-9-28-19-12-24(37-25(19)21)26(32)30-13-22(34-2)23(14-30)35-3/h6-12,17,22-23H,4-5,13-14H2,1-3H3,(H,29,33)/t22-,23+. The fourth-order valence-corrected chi connectivity index (χ4v) is 5.91. The molecule has 1 N–H and O–H groups in total. The number of aromatic nitrogens is 2. The molecule has 3 aromatic heterocycles. The van der Waals surface area contributed by atoms with E-state index in [0.717, 1.165) is 34.1 Å². The van der Waals surface area contributed by atoms with E-state index in [0.29, 0.717) is 35.0 Å². The van der Waals surface area contributed by atoms with Crippen LogP contribution in [0.4, 0.5) is 4.79 Å². The number of ether oxygens (including phenoxy) is 3. The second-order valence-electron chi connectivity index (χ2n) is 9.56. The van der Waals surface area contributed by atoms with Gasteiger partial charge in [-0.05, 0) is 50.1 Å². The molecular formula is C27H28N4O5S. The van der Waals surface area contributed by atoms with Gasteiger partial charge in [-0.1, -0.05) is 0 Å². The molecule has 0 radical (unpaired) electrons. The minimum atomic E-state index is -0.145. The molecular weight excluding hydrogens is 492 g/mol. The molecule has 2 aliphatic rings. The quantitative estimate of drug-likeness (QED) is 0.401. The van der Waals surface area contributed by atoms with Gasteiger partial charge in [0.1, 0.15) is 23.7 Å². The number of methoxy groups -OCH3 is 2.